The summed E-state index contributed by atoms with van der Waals surface area (Å²) >= 11 is 3.49. The summed E-state index contributed by atoms with van der Waals surface area (Å²) < 4.78 is 14.2. The predicted molar refractivity (Wildman–Crippen MR) is 126 cm³/mol. The minimum Gasteiger partial charge on any atom is -0.497 e. The molecule has 5 aromatic rings. The molecule has 0 atom stereocenters. The van der Waals surface area contributed by atoms with E-state index in [1.165, 1.54) is 5.56 Å². The second kappa shape index (κ2) is 8.24. The molecule has 3 aromatic heterocycles. The van der Waals surface area contributed by atoms with Crippen LogP contribution in [0, 0.1) is 6.92 Å². The summed E-state index contributed by atoms with van der Waals surface area (Å²) in [7, 11) is 1.66. The van der Waals surface area contributed by atoms with E-state index in [1.807, 2.05) is 41.8 Å². The van der Waals surface area contributed by atoms with E-state index in [4.69, 9.17) is 9.15 Å². The van der Waals surface area contributed by atoms with Crippen LogP contribution in [0.15, 0.2) is 69.7 Å². The van der Waals surface area contributed by atoms with Crippen molar-refractivity contribution in [3.05, 3.63) is 88.0 Å². The van der Waals surface area contributed by atoms with Crippen molar-refractivity contribution in [2.45, 2.75) is 19.9 Å². The van der Waals surface area contributed by atoms with Crippen LogP contribution in [0.5, 0.6) is 5.75 Å². The van der Waals surface area contributed by atoms with Gasteiger partial charge < -0.3 is 13.7 Å². The summed E-state index contributed by atoms with van der Waals surface area (Å²) in [6.45, 7) is 2.17. The Morgan fingerprint density at radius 2 is 1.97 bits per heavy atom. The Labute approximate surface area is 193 Å². The van der Waals surface area contributed by atoms with Gasteiger partial charge in [-0.15, -0.1) is 0 Å². The molecule has 0 aliphatic rings. The van der Waals surface area contributed by atoms with Crippen molar-refractivity contribution < 1.29 is 13.9 Å². The van der Waals surface area contributed by atoms with Gasteiger partial charge >= 0.3 is 0 Å². The Balaban J connectivity index is 1.56. The monoisotopic (exact) mass is 489 g/mol. The molecule has 7 heteroatoms. The highest BCUT2D eigenvalue weighted by molar-refractivity contribution is 9.10. The molecule has 0 N–H and O–H groups in total. The maximum absolute atomic E-state index is 13.1. The number of oxazole rings is 1. The van der Waals surface area contributed by atoms with Gasteiger partial charge in [0.25, 0.3) is 5.89 Å². The number of halogens is 1. The quantitative estimate of drug-likeness (QED) is 0.285. The third kappa shape index (κ3) is 3.69. The molecule has 0 radical (unpaired) electrons. The fourth-order valence-corrected chi connectivity index (χ4v) is 4.25. The first kappa shape index (κ1) is 20.5. The van der Waals surface area contributed by atoms with Crippen LogP contribution in [0.1, 0.15) is 27.5 Å². The van der Waals surface area contributed by atoms with Gasteiger partial charge in [0.05, 0.1) is 13.7 Å². The van der Waals surface area contributed by atoms with Crippen molar-refractivity contribution in [1.82, 2.24) is 14.5 Å². The van der Waals surface area contributed by atoms with Crippen molar-refractivity contribution in [3.63, 3.8) is 0 Å². The molecule has 0 aliphatic carbocycles. The van der Waals surface area contributed by atoms with Gasteiger partial charge in [-0.05, 0) is 66.9 Å². The number of hydrogen-bond donors (Lipinski definition) is 0. The van der Waals surface area contributed by atoms with Crippen LogP contribution in [0.25, 0.3) is 22.1 Å². The number of Topliss-reactive ketones (excluding diaryl/α,β-unsaturated/α-hetero) is 1. The highest BCUT2D eigenvalue weighted by atomic mass is 79.9. The molecule has 6 nitrogen and oxygen atoms in total. The lowest BCUT2D eigenvalue weighted by Crippen LogP contribution is -2.12. The summed E-state index contributed by atoms with van der Waals surface area (Å²) in [6, 6.07) is 17.7. The molecular formula is C25H20BrN3O3. The Morgan fingerprint density at radius 3 is 2.72 bits per heavy atom. The van der Waals surface area contributed by atoms with Crippen LogP contribution in [-0.2, 0) is 13.0 Å². The van der Waals surface area contributed by atoms with Crippen LogP contribution in [-0.4, -0.2) is 27.4 Å². The van der Waals surface area contributed by atoms with Gasteiger partial charge in [0.15, 0.2) is 11.2 Å². The fourth-order valence-electron chi connectivity index (χ4n) is 3.99. The number of carbonyl (C=O) groups is 1. The number of nitrogens with zero attached hydrogens (tertiary/aromatic N) is 3. The SMILES string of the molecule is COc1ccc2c(c1)c(Cc1ccc(Br)cc1)c(C)n2CC(=O)c1nc2ncccc2o1. The summed E-state index contributed by atoms with van der Waals surface area (Å²) in [5, 5.41) is 1.07. The third-order valence-corrected chi connectivity index (χ3v) is 6.19. The molecule has 0 fully saturated rings. The van der Waals surface area contributed by atoms with E-state index in [-0.39, 0.29) is 18.2 Å². The van der Waals surface area contributed by atoms with E-state index in [0.717, 1.165) is 38.8 Å². The zero-order valence-corrected chi connectivity index (χ0v) is 19.2. The molecule has 5 rings (SSSR count). The molecule has 160 valence electrons. The second-order valence-corrected chi connectivity index (χ2v) is 8.52. The number of methoxy groups -OCH3 is 1. The number of pyridine rings is 1. The molecule has 2 aromatic carbocycles. The maximum atomic E-state index is 13.1. The zero-order chi connectivity index (χ0) is 22.2. The maximum Gasteiger partial charge on any atom is 0.267 e. The molecule has 0 aliphatic heterocycles. The van der Waals surface area contributed by atoms with E-state index in [0.29, 0.717) is 11.2 Å². The molecule has 0 unspecified atom stereocenters. The lowest BCUT2D eigenvalue weighted by molar-refractivity contribution is 0.0941. The Morgan fingerprint density at radius 1 is 1.16 bits per heavy atom. The van der Waals surface area contributed by atoms with Gasteiger partial charge in [0.2, 0.25) is 5.78 Å². The number of hydrogen-bond acceptors (Lipinski definition) is 5. The average molecular weight is 490 g/mol. The lowest BCUT2D eigenvalue weighted by Gasteiger charge is -2.07. The standard InChI is InChI=1S/C25H20BrN3O3/c1-15-19(12-16-5-7-17(26)8-6-16)20-13-18(31-2)9-10-21(20)29(15)14-22(30)25-28-24-23(32-25)4-3-11-27-24/h3-11,13H,12,14H2,1-2H3. The molecule has 3 heterocycles. The molecule has 0 saturated heterocycles. The van der Waals surface area contributed by atoms with Crippen LogP contribution in [0.3, 0.4) is 0 Å². The van der Waals surface area contributed by atoms with Gasteiger partial charge in [0.1, 0.15) is 5.75 Å². The largest absolute Gasteiger partial charge is 0.497 e. The average Bonchev–Trinajstić information content (AvgIpc) is 3.35. The summed E-state index contributed by atoms with van der Waals surface area (Å²) in [5.41, 5.74) is 5.29. The fraction of sp³-hybridized carbons (Fsp3) is 0.160. The smallest absolute Gasteiger partial charge is 0.267 e. The number of carbonyl (C=O) groups excluding carboxylic acids is 1. The molecule has 0 spiro atoms. The number of aromatic nitrogens is 3. The highest BCUT2D eigenvalue weighted by Gasteiger charge is 2.21. The molecule has 0 bridgehead atoms. The minimum absolute atomic E-state index is 0.0721. The predicted octanol–water partition coefficient (Wildman–Crippen LogP) is 5.73. The Hall–Kier alpha value is -3.45. The number of ether oxygens (including phenoxy) is 1. The first-order valence-electron chi connectivity index (χ1n) is 10.2. The van der Waals surface area contributed by atoms with Crippen molar-refractivity contribution >= 4 is 43.8 Å². The van der Waals surface area contributed by atoms with Crippen molar-refractivity contribution in [3.8, 4) is 5.75 Å². The number of fused-ring (bicyclic) bond motifs is 2. The summed E-state index contributed by atoms with van der Waals surface area (Å²) in [6.07, 6.45) is 2.38. The topological polar surface area (TPSA) is 70.2 Å². The number of benzene rings is 2. The van der Waals surface area contributed by atoms with Crippen LogP contribution in [0.4, 0.5) is 0 Å². The van der Waals surface area contributed by atoms with E-state index in [2.05, 4.69) is 38.0 Å². The lowest BCUT2D eigenvalue weighted by atomic mass is 10.0. The number of ketones is 1. The minimum atomic E-state index is -0.200. The normalized spacial score (nSPS) is 11.3. The van der Waals surface area contributed by atoms with Gasteiger partial charge in [0, 0.05) is 27.3 Å². The Bertz CT molecular complexity index is 1420. The molecule has 0 saturated carbocycles. The van der Waals surface area contributed by atoms with Crippen molar-refractivity contribution in [1.29, 1.82) is 0 Å². The summed E-state index contributed by atoms with van der Waals surface area (Å²) in [4.78, 5) is 21.5. The van der Waals surface area contributed by atoms with Gasteiger partial charge in [-0.25, -0.2) is 4.98 Å². The van der Waals surface area contributed by atoms with Crippen molar-refractivity contribution in [2.75, 3.05) is 7.11 Å². The molecule has 32 heavy (non-hydrogen) atoms. The van der Waals surface area contributed by atoms with Crippen molar-refractivity contribution in [2.24, 2.45) is 0 Å². The van der Waals surface area contributed by atoms with Crippen LogP contribution in [0.2, 0.25) is 0 Å². The van der Waals surface area contributed by atoms with Crippen LogP contribution < -0.4 is 4.74 Å². The van der Waals surface area contributed by atoms with E-state index < -0.39 is 0 Å². The third-order valence-electron chi connectivity index (χ3n) is 5.66. The zero-order valence-electron chi connectivity index (χ0n) is 17.6. The van der Waals surface area contributed by atoms with Gasteiger partial charge in [-0.1, -0.05) is 28.1 Å². The Kier molecular flexibility index (Phi) is 5.27. The first-order valence-corrected chi connectivity index (χ1v) is 11.0. The first-order chi connectivity index (χ1) is 15.5. The summed E-state index contributed by atoms with van der Waals surface area (Å²) in [5.74, 6) is 0.653. The second-order valence-electron chi connectivity index (χ2n) is 7.60. The van der Waals surface area contributed by atoms with E-state index in [1.54, 1.807) is 25.4 Å². The number of rotatable bonds is 6. The highest BCUT2D eigenvalue weighted by Crippen LogP contribution is 2.32. The van der Waals surface area contributed by atoms with Gasteiger partial charge in [-0.2, -0.15) is 4.98 Å². The van der Waals surface area contributed by atoms with Crippen LogP contribution >= 0.6 is 15.9 Å². The molecule has 0 amide bonds. The molecular weight excluding hydrogens is 470 g/mol. The van der Waals surface area contributed by atoms with Gasteiger partial charge in [-0.3, -0.25) is 4.79 Å². The van der Waals surface area contributed by atoms with E-state index in [9.17, 15) is 4.79 Å². The van der Waals surface area contributed by atoms with E-state index >= 15 is 0 Å².